The van der Waals surface area contributed by atoms with Gasteiger partial charge in [-0.15, -0.1) is 11.6 Å². The molecule has 0 saturated heterocycles. The Kier molecular flexibility index (Phi) is 7.95. The molecule has 1 aromatic rings. The molecule has 0 unspecified atom stereocenters. The number of hydrogen-bond donors (Lipinski definition) is 1. The first kappa shape index (κ1) is 20.8. The summed E-state index contributed by atoms with van der Waals surface area (Å²) in [5, 5.41) is 3.19. The summed E-state index contributed by atoms with van der Waals surface area (Å²) in [6.45, 7) is 6.00. The van der Waals surface area contributed by atoms with E-state index in [0.717, 1.165) is 43.2 Å². The fourth-order valence-electron chi connectivity index (χ4n) is 3.62. The van der Waals surface area contributed by atoms with Crippen molar-refractivity contribution in [2.24, 2.45) is 0 Å². The average molecular weight is 379 g/mol. The smallest absolute Gasteiger partial charge is 0.247 e. The normalized spacial score (nSPS) is 17.4. The first-order valence-corrected chi connectivity index (χ1v) is 10.3. The molecule has 0 bridgehead atoms. The van der Waals surface area contributed by atoms with Crippen LogP contribution in [-0.4, -0.2) is 34.7 Å². The highest BCUT2D eigenvalue weighted by atomic mass is 35.5. The van der Waals surface area contributed by atoms with Crippen LogP contribution in [0.15, 0.2) is 24.3 Å². The van der Waals surface area contributed by atoms with Crippen LogP contribution in [-0.2, 0) is 9.59 Å². The molecule has 2 rings (SSSR count). The third kappa shape index (κ3) is 5.23. The standard InChI is InChI=1S/C21H31ClN2O2/c1-4-16(3)24(19(25)14-22)20(17-12-10-15(2)11-13-17)21(26)23-18-8-6-5-7-9-18/h10-13,16,18,20H,4-9,14H2,1-3H3,(H,23,26)/t16-,20-/m1/s1. The highest BCUT2D eigenvalue weighted by Crippen LogP contribution is 2.27. The Morgan fingerprint density at radius 1 is 1.19 bits per heavy atom. The van der Waals surface area contributed by atoms with Crippen LogP contribution in [0.25, 0.3) is 0 Å². The summed E-state index contributed by atoms with van der Waals surface area (Å²) in [5.41, 5.74) is 1.96. The number of nitrogens with one attached hydrogen (secondary N) is 1. The minimum atomic E-state index is -0.640. The van der Waals surface area contributed by atoms with Crippen LogP contribution in [0.5, 0.6) is 0 Å². The summed E-state index contributed by atoms with van der Waals surface area (Å²) < 4.78 is 0. The van der Waals surface area contributed by atoms with Crippen molar-refractivity contribution >= 4 is 23.4 Å². The molecule has 0 aliphatic heterocycles. The van der Waals surface area contributed by atoms with Gasteiger partial charge in [0.25, 0.3) is 0 Å². The topological polar surface area (TPSA) is 49.4 Å². The molecule has 2 amide bonds. The fraction of sp³-hybridized carbons (Fsp3) is 0.619. The van der Waals surface area contributed by atoms with Crippen LogP contribution in [0, 0.1) is 6.92 Å². The van der Waals surface area contributed by atoms with Crippen molar-refractivity contribution in [3.05, 3.63) is 35.4 Å². The highest BCUT2D eigenvalue weighted by molar-refractivity contribution is 6.27. The summed E-state index contributed by atoms with van der Waals surface area (Å²) in [4.78, 5) is 27.5. The SMILES string of the molecule is CC[C@@H](C)N(C(=O)CCl)[C@@H](C(=O)NC1CCCCC1)c1ccc(C)cc1. The van der Waals surface area contributed by atoms with Crippen LogP contribution in [0.3, 0.4) is 0 Å². The molecule has 2 atom stereocenters. The molecule has 4 nitrogen and oxygen atoms in total. The van der Waals surface area contributed by atoms with E-state index in [1.165, 1.54) is 6.42 Å². The number of alkyl halides is 1. The Bertz CT molecular complexity index is 597. The minimum absolute atomic E-state index is 0.0651. The maximum absolute atomic E-state index is 13.2. The molecule has 1 aromatic carbocycles. The molecule has 26 heavy (non-hydrogen) atoms. The van der Waals surface area contributed by atoms with Gasteiger partial charge in [0.15, 0.2) is 0 Å². The van der Waals surface area contributed by atoms with E-state index in [1.807, 2.05) is 45.0 Å². The zero-order valence-electron chi connectivity index (χ0n) is 16.1. The number of rotatable bonds is 7. The average Bonchev–Trinajstić information content (AvgIpc) is 2.66. The Balaban J connectivity index is 2.34. The van der Waals surface area contributed by atoms with Gasteiger partial charge in [0.05, 0.1) is 0 Å². The number of halogens is 1. The molecule has 0 aromatic heterocycles. The largest absolute Gasteiger partial charge is 0.351 e. The molecule has 144 valence electrons. The molecule has 1 N–H and O–H groups in total. The van der Waals surface area contributed by atoms with Gasteiger partial charge >= 0.3 is 0 Å². The Labute approximate surface area is 162 Å². The zero-order valence-corrected chi connectivity index (χ0v) is 16.9. The zero-order chi connectivity index (χ0) is 19.1. The summed E-state index contributed by atoms with van der Waals surface area (Å²) in [5.74, 6) is -0.423. The van der Waals surface area contributed by atoms with Crippen LogP contribution >= 0.6 is 11.6 Å². The summed E-state index contributed by atoms with van der Waals surface area (Å²) in [6, 6.07) is 7.35. The summed E-state index contributed by atoms with van der Waals surface area (Å²) in [6.07, 6.45) is 6.32. The lowest BCUT2D eigenvalue weighted by Gasteiger charge is -2.36. The molecule has 1 saturated carbocycles. The number of aryl methyl sites for hydroxylation is 1. The van der Waals surface area contributed by atoms with E-state index in [4.69, 9.17) is 11.6 Å². The lowest BCUT2D eigenvalue weighted by atomic mass is 9.94. The van der Waals surface area contributed by atoms with Crippen molar-refractivity contribution in [3.8, 4) is 0 Å². The highest BCUT2D eigenvalue weighted by Gasteiger charge is 2.34. The van der Waals surface area contributed by atoms with Gasteiger partial charge in [0.1, 0.15) is 11.9 Å². The van der Waals surface area contributed by atoms with E-state index in [2.05, 4.69) is 5.32 Å². The number of nitrogens with zero attached hydrogens (tertiary/aromatic N) is 1. The van der Waals surface area contributed by atoms with Crippen LogP contribution in [0.2, 0.25) is 0 Å². The predicted octanol–water partition coefficient (Wildman–Crippen LogP) is 4.35. The molecule has 0 spiro atoms. The van der Waals surface area contributed by atoms with E-state index in [9.17, 15) is 9.59 Å². The number of carbonyl (C=O) groups excluding carboxylic acids is 2. The van der Waals surface area contributed by atoms with Crippen LogP contribution in [0.4, 0.5) is 0 Å². The quantitative estimate of drug-likeness (QED) is 0.717. The molecule has 1 fully saturated rings. The van der Waals surface area contributed by atoms with Gasteiger partial charge in [-0.05, 0) is 38.7 Å². The number of amides is 2. The lowest BCUT2D eigenvalue weighted by molar-refractivity contribution is -0.141. The third-order valence-corrected chi connectivity index (χ3v) is 5.57. The summed E-state index contributed by atoms with van der Waals surface area (Å²) >= 11 is 5.88. The number of carbonyl (C=O) groups is 2. The van der Waals surface area contributed by atoms with E-state index in [0.29, 0.717) is 0 Å². The van der Waals surface area contributed by atoms with Crippen molar-refractivity contribution in [3.63, 3.8) is 0 Å². The summed E-state index contributed by atoms with van der Waals surface area (Å²) in [7, 11) is 0. The Morgan fingerprint density at radius 3 is 2.35 bits per heavy atom. The van der Waals surface area contributed by atoms with Gasteiger partial charge in [-0.25, -0.2) is 0 Å². The Morgan fingerprint density at radius 2 is 1.81 bits per heavy atom. The van der Waals surface area contributed by atoms with Gasteiger partial charge in [-0.3, -0.25) is 9.59 Å². The van der Waals surface area contributed by atoms with Crippen LogP contribution in [0.1, 0.15) is 69.5 Å². The maximum atomic E-state index is 13.2. The minimum Gasteiger partial charge on any atom is -0.351 e. The number of benzene rings is 1. The molecule has 0 radical (unpaired) electrons. The van der Waals surface area contributed by atoms with E-state index in [-0.39, 0.29) is 29.8 Å². The fourth-order valence-corrected chi connectivity index (χ4v) is 3.76. The van der Waals surface area contributed by atoms with Crippen molar-refractivity contribution in [2.45, 2.75) is 77.4 Å². The third-order valence-electron chi connectivity index (χ3n) is 5.34. The van der Waals surface area contributed by atoms with Gasteiger partial charge < -0.3 is 10.2 Å². The molecular formula is C21H31ClN2O2. The van der Waals surface area contributed by atoms with Gasteiger partial charge in [0.2, 0.25) is 11.8 Å². The monoisotopic (exact) mass is 378 g/mol. The second kappa shape index (κ2) is 9.96. The van der Waals surface area contributed by atoms with Crippen LogP contribution < -0.4 is 5.32 Å². The van der Waals surface area contributed by atoms with E-state index in [1.54, 1.807) is 4.90 Å². The van der Waals surface area contributed by atoms with Crippen molar-refractivity contribution in [1.29, 1.82) is 0 Å². The maximum Gasteiger partial charge on any atom is 0.247 e. The molecule has 1 aliphatic carbocycles. The first-order chi connectivity index (χ1) is 12.5. The molecular weight excluding hydrogens is 348 g/mol. The van der Waals surface area contributed by atoms with E-state index >= 15 is 0 Å². The number of hydrogen-bond acceptors (Lipinski definition) is 2. The van der Waals surface area contributed by atoms with E-state index < -0.39 is 6.04 Å². The molecule has 5 heteroatoms. The molecule has 0 heterocycles. The lowest BCUT2D eigenvalue weighted by Crippen LogP contribution is -2.50. The first-order valence-electron chi connectivity index (χ1n) is 9.72. The predicted molar refractivity (Wildman–Crippen MR) is 106 cm³/mol. The van der Waals surface area contributed by atoms with Crippen molar-refractivity contribution in [1.82, 2.24) is 10.2 Å². The van der Waals surface area contributed by atoms with Crippen molar-refractivity contribution < 1.29 is 9.59 Å². The van der Waals surface area contributed by atoms with Gasteiger partial charge in [0, 0.05) is 12.1 Å². The van der Waals surface area contributed by atoms with Crippen molar-refractivity contribution in [2.75, 3.05) is 5.88 Å². The Hall–Kier alpha value is -1.55. The van der Waals surface area contributed by atoms with Gasteiger partial charge in [-0.2, -0.15) is 0 Å². The second-order valence-corrected chi connectivity index (χ2v) is 7.62. The van der Waals surface area contributed by atoms with Gasteiger partial charge in [-0.1, -0.05) is 56.0 Å². The molecule has 1 aliphatic rings. The second-order valence-electron chi connectivity index (χ2n) is 7.35.